The van der Waals surface area contributed by atoms with Crippen LogP contribution in [0.5, 0.6) is 0 Å². The number of rotatable bonds is 6. The van der Waals surface area contributed by atoms with Crippen molar-refractivity contribution >= 4 is 0 Å². The summed E-state index contributed by atoms with van der Waals surface area (Å²) >= 11 is 0. The number of fused-ring (bicyclic) bond motifs is 1. The summed E-state index contributed by atoms with van der Waals surface area (Å²) < 4.78 is 0. The van der Waals surface area contributed by atoms with Crippen LogP contribution in [0.2, 0.25) is 0 Å². The van der Waals surface area contributed by atoms with Gasteiger partial charge in [-0.3, -0.25) is 0 Å². The molecule has 2 fully saturated rings. The molecule has 0 unspecified atom stereocenters. The second-order valence-corrected chi connectivity index (χ2v) is 10.0. The number of aliphatic hydroxyl groups excluding tert-OH is 1. The molecule has 3 rings (SSSR count). The Kier molecular flexibility index (Phi) is 7.42. The van der Waals surface area contributed by atoms with Crippen LogP contribution in [0.3, 0.4) is 0 Å². The van der Waals surface area contributed by atoms with Crippen molar-refractivity contribution in [3.8, 4) is 0 Å². The number of hydrogen-bond acceptors (Lipinski definition) is 1. The van der Waals surface area contributed by atoms with Gasteiger partial charge < -0.3 is 5.11 Å². The maximum Gasteiger partial charge on any atom is 0.0580 e. The Labute approximate surface area is 168 Å². The fraction of sp³-hybridized carbons (Fsp3) is 0.769. The van der Waals surface area contributed by atoms with Crippen LogP contribution in [0.15, 0.2) is 35.5 Å². The number of hydrogen-bond donors (Lipinski definition) is 1. The molecule has 0 radical (unpaired) electrons. The quantitative estimate of drug-likeness (QED) is 0.495. The lowest BCUT2D eigenvalue weighted by molar-refractivity contribution is 0.160. The van der Waals surface area contributed by atoms with E-state index in [0.29, 0.717) is 5.92 Å². The summed E-state index contributed by atoms with van der Waals surface area (Å²) in [4.78, 5) is 0. The minimum atomic E-state index is -0.0979. The molecule has 0 amide bonds. The summed E-state index contributed by atoms with van der Waals surface area (Å²) in [5.41, 5.74) is 3.22. The molecule has 0 aromatic rings. The molecule has 6 atom stereocenters. The van der Waals surface area contributed by atoms with E-state index in [0.717, 1.165) is 55.3 Å². The zero-order valence-corrected chi connectivity index (χ0v) is 18.2. The summed E-state index contributed by atoms with van der Waals surface area (Å²) in [5, 5.41) is 9.92. The molecule has 3 aliphatic carbocycles. The highest BCUT2D eigenvalue weighted by Crippen LogP contribution is 2.51. The van der Waals surface area contributed by atoms with Gasteiger partial charge in [0, 0.05) is 0 Å². The Morgan fingerprint density at radius 3 is 2.63 bits per heavy atom. The molecular weight excluding hydrogens is 328 g/mol. The van der Waals surface area contributed by atoms with E-state index < -0.39 is 0 Å². The maximum absolute atomic E-state index is 9.92. The fourth-order valence-electron chi connectivity index (χ4n) is 5.72. The highest BCUT2D eigenvalue weighted by molar-refractivity contribution is 5.20. The van der Waals surface area contributed by atoms with E-state index in [-0.39, 0.29) is 6.10 Å². The number of aliphatic hydroxyl groups is 1. The van der Waals surface area contributed by atoms with E-state index >= 15 is 0 Å². The maximum atomic E-state index is 9.92. The molecule has 0 saturated heterocycles. The Hall–Kier alpha value is -0.820. The van der Waals surface area contributed by atoms with Crippen molar-refractivity contribution in [2.45, 2.75) is 91.6 Å². The molecular formula is C26H42O. The van der Waals surface area contributed by atoms with E-state index in [9.17, 15) is 5.11 Å². The van der Waals surface area contributed by atoms with Crippen LogP contribution >= 0.6 is 0 Å². The lowest BCUT2D eigenvalue weighted by atomic mass is 9.71. The predicted octanol–water partition coefficient (Wildman–Crippen LogP) is 7.08. The van der Waals surface area contributed by atoms with Gasteiger partial charge in [-0.1, -0.05) is 63.1 Å². The number of allylic oxidation sites excluding steroid dienone is 5. The Balaban J connectivity index is 1.61. The average molecular weight is 371 g/mol. The Morgan fingerprint density at radius 1 is 1.07 bits per heavy atom. The third-order valence-corrected chi connectivity index (χ3v) is 7.86. The second kappa shape index (κ2) is 9.59. The molecule has 1 N–H and O–H groups in total. The minimum Gasteiger partial charge on any atom is -0.393 e. The Morgan fingerprint density at radius 2 is 1.89 bits per heavy atom. The molecule has 0 spiro atoms. The lowest BCUT2D eigenvalue weighted by Crippen LogP contribution is -2.24. The monoisotopic (exact) mass is 370 g/mol. The van der Waals surface area contributed by atoms with Crippen LogP contribution in [-0.2, 0) is 0 Å². The molecule has 2 saturated carbocycles. The summed E-state index contributed by atoms with van der Waals surface area (Å²) in [7, 11) is 0. The van der Waals surface area contributed by atoms with Crippen LogP contribution in [0, 0.1) is 35.5 Å². The molecule has 0 heterocycles. The highest BCUT2D eigenvalue weighted by atomic mass is 16.3. The van der Waals surface area contributed by atoms with Crippen molar-refractivity contribution in [1.29, 1.82) is 0 Å². The fourth-order valence-corrected chi connectivity index (χ4v) is 5.72. The lowest BCUT2D eigenvalue weighted by Gasteiger charge is -2.34. The van der Waals surface area contributed by atoms with Crippen molar-refractivity contribution in [3.63, 3.8) is 0 Å². The van der Waals surface area contributed by atoms with Gasteiger partial charge in [-0.2, -0.15) is 0 Å². The second-order valence-electron chi connectivity index (χ2n) is 10.0. The van der Waals surface area contributed by atoms with E-state index in [1.165, 1.54) is 37.7 Å². The SMILES string of the molecule is CC(C)[C@@H](C)/C=C/[C@@H](C)[C@H]1CC[C@H]2/C(=C/CC3=CCC[C@H](O)C3)CCC[C@H]12. The summed E-state index contributed by atoms with van der Waals surface area (Å²) in [6.07, 6.45) is 20.8. The molecule has 1 nitrogen and oxygen atoms in total. The summed E-state index contributed by atoms with van der Waals surface area (Å²) in [6, 6.07) is 0. The van der Waals surface area contributed by atoms with Crippen LogP contribution in [-0.4, -0.2) is 11.2 Å². The molecule has 0 bridgehead atoms. The van der Waals surface area contributed by atoms with Gasteiger partial charge >= 0.3 is 0 Å². The van der Waals surface area contributed by atoms with Crippen molar-refractivity contribution in [2.75, 3.05) is 0 Å². The van der Waals surface area contributed by atoms with Gasteiger partial charge in [0.25, 0.3) is 0 Å². The first-order chi connectivity index (χ1) is 13.0. The average Bonchev–Trinajstić information content (AvgIpc) is 3.09. The first kappa shape index (κ1) is 20.9. The van der Waals surface area contributed by atoms with E-state index in [2.05, 4.69) is 52.0 Å². The predicted molar refractivity (Wildman–Crippen MR) is 117 cm³/mol. The van der Waals surface area contributed by atoms with Gasteiger partial charge in [0.05, 0.1) is 6.10 Å². The van der Waals surface area contributed by atoms with Gasteiger partial charge in [0.1, 0.15) is 0 Å². The molecule has 152 valence electrons. The van der Waals surface area contributed by atoms with Crippen LogP contribution in [0.25, 0.3) is 0 Å². The smallest absolute Gasteiger partial charge is 0.0580 e. The third kappa shape index (κ3) is 5.37. The van der Waals surface area contributed by atoms with Crippen molar-refractivity contribution in [3.05, 3.63) is 35.5 Å². The molecule has 0 aromatic heterocycles. The van der Waals surface area contributed by atoms with Crippen molar-refractivity contribution in [2.24, 2.45) is 35.5 Å². The molecule has 0 aromatic carbocycles. The normalized spacial score (nSPS) is 35.5. The van der Waals surface area contributed by atoms with Crippen LogP contribution in [0.4, 0.5) is 0 Å². The first-order valence-corrected chi connectivity index (χ1v) is 11.7. The third-order valence-electron chi connectivity index (χ3n) is 7.86. The molecule has 3 aliphatic rings. The summed E-state index contributed by atoms with van der Waals surface area (Å²) in [5.74, 6) is 4.77. The topological polar surface area (TPSA) is 20.2 Å². The van der Waals surface area contributed by atoms with Crippen molar-refractivity contribution in [1.82, 2.24) is 0 Å². The van der Waals surface area contributed by atoms with Crippen molar-refractivity contribution < 1.29 is 5.11 Å². The van der Waals surface area contributed by atoms with Gasteiger partial charge in [0.2, 0.25) is 0 Å². The van der Waals surface area contributed by atoms with E-state index in [1.54, 1.807) is 5.57 Å². The van der Waals surface area contributed by atoms with Gasteiger partial charge in [0.15, 0.2) is 0 Å². The van der Waals surface area contributed by atoms with E-state index in [4.69, 9.17) is 0 Å². The van der Waals surface area contributed by atoms with Crippen LogP contribution < -0.4 is 0 Å². The largest absolute Gasteiger partial charge is 0.393 e. The molecule has 27 heavy (non-hydrogen) atoms. The van der Waals surface area contributed by atoms with Gasteiger partial charge in [-0.15, -0.1) is 0 Å². The summed E-state index contributed by atoms with van der Waals surface area (Å²) in [6.45, 7) is 9.46. The van der Waals surface area contributed by atoms with E-state index in [1.807, 2.05) is 0 Å². The zero-order valence-electron chi connectivity index (χ0n) is 18.2. The minimum absolute atomic E-state index is 0.0979. The standard InChI is InChI=1S/C26H42O/c1-18(2)19(3)11-12-20(4)24-15-16-25-22(8-6-10-26(24)25)14-13-21-7-5-9-23(27)17-21/h7,11-12,14,18-20,23-27H,5-6,8-10,13,15-17H2,1-4H3/b12-11+,22-14+/t19-,20+,23-,24+,25-,26+/m0/s1. The van der Waals surface area contributed by atoms with Crippen LogP contribution in [0.1, 0.15) is 85.5 Å². The molecule has 1 heteroatoms. The Bertz CT molecular complexity index is 567. The van der Waals surface area contributed by atoms with Gasteiger partial charge in [-0.05, 0) is 93.3 Å². The first-order valence-electron chi connectivity index (χ1n) is 11.7. The van der Waals surface area contributed by atoms with Gasteiger partial charge in [-0.25, -0.2) is 0 Å². The molecule has 0 aliphatic heterocycles. The highest BCUT2D eigenvalue weighted by Gasteiger charge is 2.41. The zero-order chi connectivity index (χ0) is 19.4.